The number of hydrogen-bond donors (Lipinski definition) is 2. The van der Waals surface area contributed by atoms with Gasteiger partial charge in [-0.15, -0.1) is 0 Å². The molecule has 164 valence electrons. The number of amides is 2. The first-order valence-electron chi connectivity index (χ1n) is 10.3. The lowest BCUT2D eigenvalue weighted by Crippen LogP contribution is -2.61. The van der Waals surface area contributed by atoms with Crippen LogP contribution < -0.4 is 10.6 Å². The molecule has 0 spiro atoms. The highest BCUT2D eigenvalue weighted by Crippen LogP contribution is 2.45. The van der Waals surface area contributed by atoms with Crippen molar-refractivity contribution < 1.29 is 23.2 Å². The molecule has 4 rings (SSSR count). The maximum absolute atomic E-state index is 13.3. The monoisotopic (exact) mass is 429 g/mol. The van der Waals surface area contributed by atoms with E-state index in [1.165, 1.54) is 6.92 Å². The van der Waals surface area contributed by atoms with Gasteiger partial charge in [-0.25, -0.2) is 8.78 Å². The van der Waals surface area contributed by atoms with Crippen LogP contribution in [0.4, 0.5) is 14.5 Å². The molecule has 1 saturated carbocycles. The van der Waals surface area contributed by atoms with Gasteiger partial charge in [0, 0.05) is 36.3 Å². The van der Waals surface area contributed by atoms with Crippen molar-refractivity contribution in [3.63, 3.8) is 0 Å². The SMILES string of the molecule is Cc1ccc(NC(=O)c2c(C)c(C(=O)C(=O)NC3(C)CC(F)(F)C3)c3n2CCC3)cc1. The zero-order valence-corrected chi connectivity index (χ0v) is 17.8. The second kappa shape index (κ2) is 7.28. The predicted octanol–water partition coefficient (Wildman–Crippen LogP) is 3.79. The van der Waals surface area contributed by atoms with E-state index in [0.29, 0.717) is 35.6 Å². The number of aryl methyl sites for hydroxylation is 1. The summed E-state index contributed by atoms with van der Waals surface area (Å²) in [5.41, 5.74) is 2.24. The molecule has 0 atom stereocenters. The Kier molecular flexibility index (Phi) is 4.98. The second-order valence-electron chi connectivity index (χ2n) is 8.92. The highest BCUT2D eigenvalue weighted by atomic mass is 19.3. The number of rotatable bonds is 5. The molecular formula is C23H25F2N3O3. The van der Waals surface area contributed by atoms with E-state index >= 15 is 0 Å². The van der Waals surface area contributed by atoms with Crippen LogP contribution in [0.1, 0.15) is 63.9 Å². The normalized spacial score (nSPS) is 18.1. The molecule has 2 N–H and O–H groups in total. The minimum atomic E-state index is -2.82. The van der Waals surface area contributed by atoms with Gasteiger partial charge in [0.25, 0.3) is 23.5 Å². The van der Waals surface area contributed by atoms with Gasteiger partial charge in [0.05, 0.1) is 5.56 Å². The van der Waals surface area contributed by atoms with E-state index in [2.05, 4.69) is 10.6 Å². The number of benzene rings is 1. The third kappa shape index (κ3) is 3.86. The minimum Gasteiger partial charge on any atom is -0.344 e. The average molecular weight is 429 g/mol. The molecule has 0 saturated heterocycles. The molecule has 1 aliphatic carbocycles. The number of alkyl halides is 2. The molecule has 2 heterocycles. The molecule has 0 radical (unpaired) electrons. The number of carbonyl (C=O) groups excluding carboxylic acids is 3. The van der Waals surface area contributed by atoms with Crippen LogP contribution in [0.2, 0.25) is 0 Å². The molecule has 1 fully saturated rings. The van der Waals surface area contributed by atoms with Gasteiger partial charge in [-0.1, -0.05) is 17.7 Å². The van der Waals surface area contributed by atoms with Crippen molar-refractivity contribution in [1.82, 2.24) is 9.88 Å². The smallest absolute Gasteiger partial charge is 0.292 e. The summed E-state index contributed by atoms with van der Waals surface area (Å²) in [5.74, 6) is -4.87. The van der Waals surface area contributed by atoms with Gasteiger partial charge in [-0.3, -0.25) is 14.4 Å². The van der Waals surface area contributed by atoms with Crippen molar-refractivity contribution in [2.45, 2.75) is 64.5 Å². The highest BCUT2D eigenvalue weighted by Gasteiger charge is 2.55. The summed E-state index contributed by atoms with van der Waals surface area (Å²) in [6.07, 6.45) is 0.348. The molecule has 2 aromatic rings. The Morgan fingerprint density at radius 3 is 2.32 bits per heavy atom. The number of ketones is 1. The van der Waals surface area contributed by atoms with Crippen LogP contribution >= 0.6 is 0 Å². The fourth-order valence-electron chi connectivity index (χ4n) is 4.76. The van der Waals surface area contributed by atoms with Gasteiger partial charge < -0.3 is 15.2 Å². The summed E-state index contributed by atoms with van der Waals surface area (Å²) in [4.78, 5) is 38.6. The number of hydrogen-bond acceptors (Lipinski definition) is 3. The van der Waals surface area contributed by atoms with Crippen LogP contribution in [-0.2, 0) is 17.8 Å². The molecule has 0 unspecified atom stereocenters. The predicted molar refractivity (Wildman–Crippen MR) is 112 cm³/mol. The molecular weight excluding hydrogens is 404 g/mol. The van der Waals surface area contributed by atoms with Gasteiger partial charge in [-0.2, -0.15) is 0 Å². The third-order valence-electron chi connectivity index (χ3n) is 6.08. The van der Waals surface area contributed by atoms with Crippen molar-refractivity contribution in [3.8, 4) is 0 Å². The largest absolute Gasteiger partial charge is 0.344 e. The zero-order valence-electron chi connectivity index (χ0n) is 17.8. The first kappa shape index (κ1) is 21.2. The van der Waals surface area contributed by atoms with E-state index in [9.17, 15) is 23.2 Å². The quantitative estimate of drug-likeness (QED) is 0.561. The van der Waals surface area contributed by atoms with E-state index in [1.807, 2.05) is 19.1 Å². The standard InChI is InChI=1S/C23H25F2N3O3/c1-13-6-8-15(9-7-13)26-20(30)18-14(2)17(16-5-4-10-28(16)18)19(29)21(31)27-22(3)11-23(24,25)12-22/h6-9H,4-5,10-12H2,1-3H3,(H,26,30)(H,27,31). The molecule has 1 aliphatic heterocycles. The Balaban J connectivity index is 1.59. The molecule has 6 nitrogen and oxygen atoms in total. The minimum absolute atomic E-state index is 0.207. The first-order valence-corrected chi connectivity index (χ1v) is 10.3. The van der Waals surface area contributed by atoms with Crippen LogP contribution in [0.3, 0.4) is 0 Å². The Morgan fingerprint density at radius 2 is 1.71 bits per heavy atom. The summed E-state index contributed by atoms with van der Waals surface area (Å²) in [6.45, 7) is 5.68. The number of nitrogens with zero attached hydrogens (tertiary/aromatic N) is 1. The van der Waals surface area contributed by atoms with E-state index in [1.54, 1.807) is 23.6 Å². The van der Waals surface area contributed by atoms with Crippen molar-refractivity contribution in [3.05, 3.63) is 52.3 Å². The van der Waals surface area contributed by atoms with Crippen molar-refractivity contribution in [2.75, 3.05) is 5.32 Å². The lowest BCUT2D eigenvalue weighted by Gasteiger charge is -2.45. The summed E-state index contributed by atoms with van der Waals surface area (Å²) < 4.78 is 28.3. The first-order chi connectivity index (χ1) is 14.5. The number of halogens is 2. The lowest BCUT2D eigenvalue weighted by molar-refractivity contribution is -0.140. The fraction of sp³-hybridized carbons (Fsp3) is 0.435. The van der Waals surface area contributed by atoms with E-state index in [-0.39, 0.29) is 11.5 Å². The van der Waals surface area contributed by atoms with Gasteiger partial charge in [0.15, 0.2) is 0 Å². The second-order valence-corrected chi connectivity index (χ2v) is 8.92. The number of anilines is 1. The van der Waals surface area contributed by atoms with Gasteiger partial charge in [0.1, 0.15) is 5.69 Å². The third-order valence-corrected chi connectivity index (χ3v) is 6.08. The number of fused-ring (bicyclic) bond motifs is 1. The van der Waals surface area contributed by atoms with Crippen LogP contribution in [0.15, 0.2) is 24.3 Å². The van der Waals surface area contributed by atoms with E-state index < -0.39 is 36.0 Å². The maximum atomic E-state index is 13.3. The molecule has 0 bridgehead atoms. The van der Waals surface area contributed by atoms with E-state index in [0.717, 1.165) is 12.0 Å². The van der Waals surface area contributed by atoms with Crippen molar-refractivity contribution in [1.29, 1.82) is 0 Å². The topological polar surface area (TPSA) is 80.2 Å². The number of aromatic nitrogens is 1. The maximum Gasteiger partial charge on any atom is 0.292 e. The fourth-order valence-corrected chi connectivity index (χ4v) is 4.76. The van der Waals surface area contributed by atoms with E-state index in [4.69, 9.17) is 0 Å². The molecule has 31 heavy (non-hydrogen) atoms. The Bertz CT molecular complexity index is 1080. The number of nitrogens with one attached hydrogen (secondary N) is 2. The zero-order chi connectivity index (χ0) is 22.6. The Hall–Kier alpha value is -3.03. The summed E-state index contributed by atoms with van der Waals surface area (Å²) in [7, 11) is 0. The van der Waals surface area contributed by atoms with Crippen LogP contribution in [0.25, 0.3) is 0 Å². The molecule has 1 aromatic carbocycles. The number of carbonyl (C=O) groups is 3. The van der Waals surface area contributed by atoms with Crippen molar-refractivity contribution >= 4 is 23.3 Å². The van der Waals surface area contributed by atoms with Gasteiger partial charge in [0.2, 0.25) is 0 Å². The summed E-state index contributed by atoms with van der Waals surface area (Å²) in [6, 6.07) is 7.36. The van der Waals surface area contributed by atoms with Gasteiger partial charge in [-0.05, 0) is 51.3 Å². The molecule has 1 aromatic heterocycles. The van der Waals surface area contributed by atoms with Crippen LogP contribution in [-0.4, -0.2) is 33.6 Å². The van der Waals surface area contributed by atoms with Gasteiger partial charge >= 0.3 is 0 Å². The summed E-state index contributed by atoms with van der Waals surface area (Å²) in [5, 5.41) is 5.32. The highest BCUT2D eigenvalue weighted by molar-refractivity contribution is 6.44. The van der Waals surface area contributed by atoms with Crippen LogP contribution in [0.5, 0.6) is 0 Å². The van der Waals surface area contributed by atoms with Crippen LogP contribution in [0, 0.1) is 13.8 Å². The van der Waals surface area contributed by atoms with Crippen molar-refractivity contribution in [2.24, 2.45) is 0 Å². The lowest BCUT2D eigenvalue weighted by atomic mass is 9.75. The summed E-state index contributed by atoms with van der Waals surface area (Å²) >= 11 is 0. The average Bonchev–Trinajstić information content (AvgIpc) is 3.20. The molecule has 2 amide bonds. The Labute approximate surface area is 179 Å². The molecule has 8 heteroatoms. The molecule has 2 aliphatic rings. The number of Topliss-reactive ketones (excluding diaryl/α,β-unsaturated/α-hetero) is 1. The Morgan fingerprint density at radius 1 is 1.06 bits per heavy atom.